The zero-order chi connectivity index (χ0) is 13.7. The van der Waals surface area contributed by atoms with Gasteiger partial charge in [0.05, 0.1) is 18.6 Å². The fraction of sp³-hybridized carbons (Fsp3) is 0.333. The summed E-state index contributed by atoms with van der Waals surface area (Å²) < 4.78 is 10.8. The minimum absolute atomic E-state index is 0.268. The molecule has 0 bridgehead atoms. The Morgan fingerprint density at radius 1 is 1.37 bits per heavy atom. The highest BCUT2D eigenvalue weighted by Crippen LogP contribution is 2.26. The van der Waals surface area contributed by atoms with Crippen LogP contribution >= 0.6 is 0 Å². The van der Waals surface area contributed by atoms with Crippen molar-refractivity contribution < 1.29 is 9.15 Å². The first-order valence-electron chi connectivity index (χ1n) is 6.50. The molecule has 1 atom stereocenters. The lowest BCUT2D eigenvalue weighted by Gasteiger charge is -2.16. The van der Waals surface area contributed by atoms with Gasteiger partial charge in [-0.2, -0.15) is 0 Å². The van der Waals surface area contributed by atoms with Crippen LogP contribution in [0.4, 0.5) is 11.4 Å². The van der Waals surface area contributed by atoms with Crippen LogP contribution in [-0.4, -0.2) is 12.6 Å². The van der Waals surface area contributed by atoms with Crippen molar-refractivity contribution in [1.29, 1.82) is 0 Å². The van der Waals surface area contributed by atoms with E-state index in [9.17, 15) is 0 Å². The molecule has 1 unspecified atom stereocenters. The molecule has 0 aliphatic rings. The lowest BCUT2D eigenvalue weighted by atomic mass is 10.1. The summed E-state index contributed by atoms with van der Waals surface area (Å²) in [6.45, 7) is 4.66. The van der Waals surface area contributed by atoms with Crippen LogP contribution in [0, 0.1) is 0 Å². The molecule has 3 N–H and O–H groups in total. The third kappa shape index (κ3) is 3.68. The van der Waals surface area contributed by atoms with E-state index in [4.69, 9.17) is 14.9 Å². The zero-order valence-electron chi connectivity index (χ0n) is 11.3. The SMILES string of the molecule is CCOc1cc(NC(C)Cc2ccco2)ccc1N. The van der Waals surface area contributed by atoms with Crippen LogP contribution in [0.15, 0.2) is 41.0 Å². The summed E-state index contributed by atoms with van der Waals surface area (Å²) >= 11 is 0. The summed E-state index contributed by atoms with van der Waals surface area (Å²) in [5.74, 6) is 1.69. The largest absolute Gasteiger partial charge is 0.492 e. The highest BCUT2D eigenvalue weighted by molar-refractivity contribution is 5.61. The van der Waals surface area contributed by atoms with Crippen molar-refractivity contribution in [2.24, 2.45) is 0 Å². The van der Waals surface area contributed by atoms with E-state index >= 15 is 0 Å². The Balaban J connectivity index is 2.00. The van der Waals surface area contributed by atoms with Crippen LogP contribution < -0.4 is 15.8 Å². The third-order valence-corrected chi connectivity index (χ3v) is 2.81. The molecular weight excluding hydrogens is 240 g/mol. The number of furan rings is 1. The van der Waals surface area contributed by atoms with E-state index in [1.165, 1.54) is 0 Å². The van der Waals surface area contributed by atoms with Crippen molar-refractivity contribution in [3.05, 3.63) is 42.4 Å². The summed E-state index contributed by atoms with van der Waals surface area (Å²) in [6, 6.07) is 9.89. The molecule has 4 nitrogen and oxygen atoms in total. The van der Waals surface area contributed by atoms with Crippen molar-refractivity contribution in [2.45, 2.75) is 26.3 Å². The van der Waals surface area contributed by atoms with Gasteiger partial charge in [-0.05, 0) is 38.1 Å². The van der Waals surface area contributed by atoms with E-state index in [1.807, 2.05) is 37.3 Å². The van der Waals surface area contributed by atoms with Gasteiger partial charge in [0, 0.05) is 24.2 Å². The Morgan fingerprint density at radius 3 is 2.89 bits per heavy atom. The average Bonchev–Trinajstić information content (AvgIpc) is 2.86. The Labute approximate surface area is 113 Å². The molecule has 4 heteroatoms. The summed E-state index contributed by atoms with van der Waals surface area (Å²) in [5, 5.41) is 3.41. The second-order valence-electron chi connectivity index (χ2n) is 4.51. The van der Waals surface area contributed by atoms with Gasteiger partial charge in [0.15, 0.2) is 0 Å². The monoisotopic (exact) mass is 260 g/mol. The van der Waals surface area contributed by atoms with Crippen LogP contribution in [0.25, 0.3) is 0 Å². The lowest BCUT2D eigenvalue weighted by molar-refractivity contribution is 0.342. The van der Waals surface area contributed by atoms with Crippen molar-refractivity contribution in [3.8, 4) is 5.75 Å². The van der Waals surface area contributed by atoms with Gasteiger partial charge in [0.2, 0.25) is 0 Å². The molecule has 1 heterocycles. The number of anilines is 2. The molecule has 2 aromatic rings. The van der Waals surface area contributed by atoms with E-state index in [2.05, 4.69) is 12.2 Å². The standard InChI is InChI=1S/C15H20N2O2/c1-3-18-15-10-12(6-7-14(15)16)17-11(2)9-13-5-4-8-19-13/h4-8,10-11,17H,3,9,16H2,1-2H3. The number of hydrogen-bond acceptors (Lipinski definition) is 4. The number of hydrogen-bond donors (Lipinski definition) is 2. The van der Waals surface area contributed by atoms with Crippen LogP contribution in [0.2, 0.25) is 0 Å². The molecule has 1 aromatic heterocycles. The second-order valence-corrected chi connectivity index (χ2v) is 4.51. The van der Waals surface area contributed by atoms with Crippen LogP contribution in [-0.2, 0) is 6.42 Å². The molecule has 2 rings (SSSR count). The predicted octanol–water partition coefficient (Wildman–Crippen LogP) is 3.30. The maximum Gasteiger partial charge on any atom is 0.144 e. The first-order chi connectivity index (χ1) is 9.19. The van der Waals surface area contributed by atoms with Crippen molar-refractivity contribution in [3.63, 3.8) is 0 Å². The van der Waals surface area contributed by atoms with Gasteiger partial charge in [0.1, 0.15) is 11.5 Å². The number of nitrogens with one attached hydrogen (secondary N) is 1. The van der Waals surface area contributed by atoms with Gasteiger partial charge in [-0.25, -0.2) is 0 Å². The van der Waals surface area contributed by atoms with Gasteiger partial charge in [-0.15, -0.1) is 0 Å². The van der Waals surface area contributed by atoms with Gasteiger partial charge in [-0.3, -0.25) is 0 Å². The molecule has 0 saturated heterocycles. The number of nitrogens with two attached hydrogens (primary N) is 1. The van der Waals surface area contributed by atoms with Crippen molar-refractivity contribution in [1.82, 2.24) is 0 Å². The first kappa shape index (κ1) is 13.3. The first-order valence-corrected chi connectivity index (χ1v) is 6.50. The highest BCUT2D eigenvalue weighted by Gasteiger charge is 2.07. The maximum absolute atomic E-state index is 5.85. The quantitative estimate of drug-likeness (QED) is 0.782. The molecule has 0 saturated carbocycles. The normalized spacial score (nSPS) is 12.1. The molecule has 1 aromatic carbocycles. The molecule has 0 fully saturated rings. The van der Waals surface area contributed by atoms with Gasteiger partial charge in [0.25, 0.3) is 0 Å². The zero-order valence-corrected chi connectivity index (χ0v) is 11.3. The summed E-state index contributed by atoms with van der Waals surface area (Å²) in [5.41, 5.74) is 7.50. The van der Waals surface area contributed by atoms with Gasteiger partial charge in [-0.1, -0.05) is 0 Å². The minimum Gasteiger partial charge on any atom is -0.492 e. The van der Waals surface area contributed by atoms with E-state index in [0.717, 1.165) is 23.6 Å². The molecule has 0 aliphatic carbocycles. The molecule has 0 amide bonds. The fourth-order valence-corrected chi connectivity index (χ4v) is 1.97. The number of benzene rings is 1. The van der Waals surface area contributed by atoms with Gasteiger partial charge < -0.3 is 20.2 Å². The molecule has 0 radical (unpaired) electrons. The summed E-state index contributed by atoms with van der Waals surface area (Å²) in [6.07, 6.45) is 2.53. The molecule has 0 spiro atoms. The minimum atomic E-state index is 0.268. The average molecular weight is 260 g/mol. The third-order valence-electron chi connectivity index (χ3n) is 2.81. The van der Waals surface area contributed by atoms with Crippen LogP contribution in [0.1, 0.15) is 19.6 Å². The topological polar surface area (TPSA) is 60.4 Å². The number of nitrogen functional groups attached to an aromatic ring is 1. The van der Waals surface area contributed by atoms with Crippen molar-refractivity contribution >= 4 is 11.4 Å². The molecular formula is C15H20N2O2. The summed E-state index contributed by atoms with van der Waals surface area (Å²) in [7, 11) is 0. The Kier molecular flexibility index (Phi) is 4.34. The van der Waals surface area contributed by atoms with E-state index < -0.39 is 0 Å². The maximum atomic E-state index is 5.85. The Hall–Kier alpha value is -2.10. The smallest absolute Gasteiger partial charge is 0.144 e. The van der Waals surface area contributed by atoms with E-state index in [1.54, 1.807) is 6.26 Å². The summed E-state index contributed by atoms with van der Waals surface area (Å²) in [4.78, 5) is 0. The van der Waals surface area contributed by atoms with E-state index in [-0.39, 0.29) is 6.04 Å². The molecule has 102 valence electrons. The van der Waals surface area contributed by atoms with Gasteiger partial charge >= 0.3 is 0 Å². The van der Waals surface area contributed by atoms with E-state index in [0.29, 0.717) is 12.3 Å². The molecule has 0 aliphatic heterocycles. The van der Waals surface area contributed by atoms with Crippen LogP contribution in [0.5, 0.6) is 5.75 Å². The highest BCUT2D eigenvalue weighted by atomic mass is 16.5. The van der Waals surface area contributed by atoms with Crippen molar-refractivity contribution in [2.75, 3.05) is 17.7 Å². The Morgan fingerprint density at radius 2 is 2.21 bits per heavy atom. The second kappa shape index (κ2) is 6.18. The number of ether oxygens (including phenoxy) is 1. The van der Waals surface area contributed by atoms with Crippen LogP contribution in [0.3, 0.4) is 0 Å². The number of rotatable bonds is 6. The molecule has 19 heavy (non-hydrogen) atoms. The predicted molar refractivity (Wildman–Crippen MR) is 77.5 cm³/mol. The lowest BCUT2D eigenvalue weighted by Crippen LogP contribution is -2.17. The Bertz CT molecular complexity index is 509. The fourth-order valence-electron chi connectivity index (χ4n) is 1.97.